The predicted molar refractivity (Wildman–Crippen MR) is 91.9 cm³/mol. The first-order valence-corrected chi connectivity index (χ1v) is 7.87. The van der Waals surface area contributed by atoms with Crippen LogP contribution in [-0.4, -0.2) is 32.3 Å². The van der Waals surface area contributed by atoms with Gasteiger partial charge in [0.25, 0.3) is 5.91 Å². The maximum absolute atomic E-state index is 13.0. The summed E-state index contributed by atoms with van der Waals surface area (Å²) >= 11 is 0. The summed E-state index contributed by atoms with van der Waals surface area (Å²) in [5.74, 6) is -1.30. The highest BCUT2D eigenvalue weighted by molar-refractivity contribution is 5.97. The molecule has 0 unspecified atom stereocenters. The second-order valence-corrected chi connectivity index (χ2v) is 6.21. The van der Waals surface area contributed by atoms with Gasteiger partial charge in [-0.15, -0.1) is 0 Å². The minimum atomic E-state index is -4.77. The van der Waals surface area contributed by atoms with Crippen LogP contribution < -0.4 is 10.6 Å². The van der Waals surface area contributed by atoms with Crippen LogP contribution in [0.4, 0.5) is 24.5 Å². The first kappa shape index (κ1) is 20.9. The molecule has 2 aromatic rings. The van der Waals surface area contributed by atoms with Gasteiger partial charge in [-0.2, -0.15) is 23.5 Å². The Labute approximate surface area is 157 Å². The fraction of sp³-hybridized carbons (Fsp3) is 0.294. The number of aromatic nitrogens is 2. The average molecular weight is 395 g/mol. The molecular formula is C17H16F3N5O3. The molecule has 0 spiro atoms. The zero-order chi connectivity index (χ0) is 21.1. The van der Waals surface area contributed by atoms with E-state index in [2.05, 4.69) is 15.7 Å². The fourth-order valence-electron chi connectivity index (χ4n) is 2.32. The molecule has 0 aliphatic heterocycles. The first-order valence-electron chi connectivity index (χ1n) is 7.87. The zero-order valence-corrected chi connectivity index (χ0v) is 14.8. The third kappa shape index (κ3) is 5.08. The second kappa shape index (κ2) is 7.69. The van der Waals surface area contributed by atoms with Gasteiger partial charge in [-0.1, -0.05) is 0 Å². The number of hydrogen-bond acceptors (Lipinski definition) is 5. The SMILES string of the molecule is CC(=O)Nc1cnn(C[C@](C)(O)C(=O)Nc2ccc(C#N)c(C(F)(F)F)c2)c1. The molecule has 8 nitrogen and oxygen atoms in total. The Morgan fingerprint density at radius 1 is 1.29 bits per heavy atom. The number of carbonyl (C=O) groups excluding carboxylic acids is 2. The number of benzene rings is 1. The molecule has 1 heterocycles. The number of rotatable bonds is 5. The van der Waals surface area contributed by atoms with Gasteiger partial charge in [0, 0.05) is 18.8 Å². The van der Waals surface area contributed by atoms with Crippen LogP contribution in [0.15, 0.2) is 30.6 Å². The summed E-state index contributed by atoms with van der Waals surface area (Å²) in [7, 11) is 0. The molecule has 28 heavy (non-hydrogen) atoms. The number of aliphatic hydroxyl groups is 1. The quantitative estimate of drug-likeness (QED) is 0.716. The number of nitriles is 1. The zero-order valence-electron chi connectivity index (χ0n) is 14.8. The fourth-order valence-corrected chi connectivity index (χ4v) is 2.32. The molecule has 3 N–H and O–H groups in total. The number of nitrogens with one attached hydrogen (secondary N) is 2. The minimum Gasteiger partial charge on any atom is -0.378 e. The summed E-state index contributed by atoms with van der Waals surface area (Å²) in [6, 6.07) is 4.12. The Balaban J connectivity index is 2.16. The molecule has 0 fully saturated rings. The van der Waals surface area contributed by atoms with Crippen molar-refractivity contribution in [3.05, 3.63) is 41.7 Å². The Morgan fingerprint density at radius 3 is 2.54 bits per heavy atom. The Hall–Kier alpha value is -3.39. The van der Waals surface area contributed by atoms with Crippen molar-refractivity contribution in [2.45, 2.75) is 32.2 Å². The number of halogens is 3. The normalized spacial score (nSPS) is 13.3. The minimum absolute atomic E-state index is 0.226. The molecule has 0 bridgehead atoms. The largest absolute Gasteiger partial charge is 0.417 e. The van der Waals surface area contributed by atoms with Gasteiger partial charge in [-0.3, -0.25) is 14.3 Å². The summed E-state index contributed by atoms with van der Waals surface area (Å²) in [4.78, 5) is 23.3. The maximum Gasteiger partial charge on any atom is 0.417 e. The van der Waals surface area contributed by atoms with Crippen LogP contribution in [-0.2, 0) is 22.3 Å². The van der Waals surface area contributed by atoms with E-state index in [0.717, 1.165) is 19.1 Å². The van der Waals surface area contributed by atoms with Crippen LogP contribution in [0.5, 0.6) is 0 Å². The molecule has 1 aromatic heterocycles. The molecular weight excluding hydrogens is 379 g/mol. The van der Waals surface area contributed by atoms with Crippen LogP contribution in [0.25, 0.3) is 0 Å². The molecule has 1 atom stereocenters. The van der Waals surface area contributed by atoms with Gasteiger partial charge in [-0.25, -0.2) is 0 Å². The lowest BCUT2D eigenvalue weighted by atomic mass is 10.0. The number of alkyl halides is 3. The van der Waals surface area contributed by atoms with Crippen molar-refractivity contribution in [1.29, 1.82) is 5.26 Å². The Morgan fingerprint density at radius 2 is 1.96 bits per heavy atom. The number of amides is 2. The molecule has 0 aliphatic carbocycles. The third-order valence-corrected chi connectivity index (χ3v) is 3.62. The summed E-state index contributed by atoms with van der Waals surface area (Å²) in [5.41, 5.74) is -3.67. The van der Waals surface area contributed by atoms with E-state index in [1.54, 1.807) is 0 Å². The summed E-state index contributed by atoms with van der Waals surface area (Å²) < 4.78 is 40.2. The second-order valence-electron chi connectivity index (χ2n) is 6.21. The van der Waals surface area contributed by atoms with E-state index in [0.29, 0.717) is 11.8 Å². The van der Waals surface area contributed by atoms with E-state index in [-0.39, 0.29) is 18.1 Å². The van der Waals surface area contributed by atoms with Gasteiger partial charge < -0.3 is 15.7 Å². The van der Waals surface area contributed by atoms with Crippen LogP contribution in [0.3, 0.4) is 0 Å². The Bertz CT molecular complexity index is 944. The van der Waals surface area contributed by atoms with E-state index in [1.165, 1.54) is 30.1 Å². The van der Waals surface area contributed by atoms with Crippen LogP contribution in [0.2, 0.25) is 0 Å². The molecule has 2 rings (SSSR count). The van der Waals surface area contributed by atoms with Crippen molar-refractivity contribution >= 4 is 23.2 Å². The average Bonchev–Trinajstić information content (AvgIpc) is 2.99. The van der Waals surface area contributed by atoms with E-state index in [4.69, 9.17) is 5.26 Å². The smallest absolute Gasteiger partial charge is 0.378 e. The van der Waals surface area contributed by atoms with Crippen molar-refractivity contribution in [3.63, 3.8) is 0 Å². The molecule has 0 saturated heterocycles. The molecule has 0 aliphatic rings. The Kier molecular flexibility index (Phi) is 5.75. The number of hydrogen-bond donors (Lipinski definition) is 3. The lowest BCUT2D eigenvalue weighted by Crippen LogP contribution is -2.43. The van der Waals surface area contributed by atoms with Gasteiger partial charge in [0.05, 0.1) is 35.6 Å². The molecule has 0 saturated carbocycles. The van der Waals surface area contributed by atoms with Crippen LogP contribution >= 0.6 is 0 Å². The molecule has 2 amide bonds. The van der Waals surface area contributed by atoms with Gasteiger partial charge in [0.2, 0.25) is 5.91 Å². The van der Waals surface area contributed by atoms with E-state index in [9.17, 15) is 27.9 Å². The highest BCUT2D eigenvalue weighted by Crippen LogP contribution is 2.33. The van der Waals surface area contributed by atoms with Gasteiger partial charge in [-0.05, 0) is 25.1 Å². The number of anilines is 2. The number of carbonyl (C=O) groups is 2. The molecule has 0 radical (unpaired) electrons. The van der Waals surface area contributed by atoms with Crippen LogP contribution in [0, 0.1) is 11.3 Å². The molecule has 1 aromatic carbocycles. The summed E-state index contributed by atoms with van der Waals surface area (Å²) in [5, 5.41) is 27.7. The van der Waals surface area contributed by atoms with E-state index < -0.39 is 28.8 Å². The summed E-state index contributed by atoms with van der Waals surface area (Å²) in [6.07, 6.45) is -2.08. The van der Waals surface area contributed by atoms with Crippen molar-refractivity contribution < 1.29 is 27.9 Å². The summed E-state index contributed by atoms with van der Waals surface area (Å²) in [6.45, 7) is 2.14. The van der Waals surface area contributed by atoms with Crippen LogP contribution in [0.1, 0.15) is 25.0 Å². The van der Waals surface area contributed by atoms with Crippen molar-refractivity contribution in [1.82, 2.24) is 9.78 Å². The third-order valence-electron chi connectivity index (χ3n) is 3.62. The first-order chi connectivity index (χ1) is 12.9. The van der Waals surface area contributed by atoms with Gasteiger partial charge in [0.1, 0.15) is 0 Å². The maximum atomic E-state index is 13.0. The van der Waals surface area contributed by atoms with Crippen molar-refractivity contribution in [2.75, 3.05) is 10.6 Å². The predicted octanol–water partition coefficient (Wildman–Crippen LogP) is 2.12. The van der Waals surface area contributed by atoms with E-state index in [1.807, 2.05) is 0 Å². The topological polar surface area (TPSA) is 120 Å². The number of nitrogens with zero attached hydrogens (tertiary/aromatic N) is 3. The van der Waals surface area contributed by atoms with Gasteiger partial charge >= 0.3 is 6.18 Å². The monoisotopic (exact) mass is 395 g/mol. The lowest BCUT2D eigenvalue weighted by molar-refractivity contribution is -0.138. The highest BCUT2D eigenvalue weighted by Gasteiger charge is 2.35. The molecule has 11 heteroatoms. The standard InChI is InChI=1S/C17H16F3N5O3/c1-10(26)23-13-7-22-25(8-13)9-16(2,28)15(27)24-12-4-3-11(6-21)14(5-12)17(18,19)20/h3-5,7-8,28H,9H2,1-2H3,(H,23,26)(H,24,27)/t16-/m0/s1. The highest BCUT2D eigenvalue weighted by atomic mass is 19.4. The molecule has 148 valence electrons. The van der Waals surface area contributed by atoms with Crippen molar-refractivity contribution in [3.8, 4) is 6.07 Å². The lowest BCUT2D eigenvalue weighted by Gasteiger charge is -2.22. The van der Waals surface area contributed by atoms with E-state index >= 15 is 0 Å². The van der Waals surface area contributed by atoms with Crippen molar-refractivity contribution in [2.24, 2.45) is 0 Å². The van der Waals surface area contributed by atoms with Gasteiger partial charge in [0.15, 0.2) is 5.60 Å².